The number of piperidine rings is 1. The molecule has 0 bridgehead atoms. The average Bonchev–Trinajstić information content (AvgIpc) is 3.46. The van der Waals surface area contributed by atoms with Gasteiger partial charge in [-0.25, -0.2) is 4.79 Å². The molecule has 0 radical (unpaired) electrons. The molecule has 0 spiro atoms. The molecule has 248 valence electrons. The lowest BCUT2D eigenvalue weighted by Crippen LogP contribution is -2.61. The molecule has 0 saturated carbocycles. The summed E-state index contributed by atoms with van der Waals surface area (Å²) in [6.45, 7) is 16.5. The number of amides is 6. The van der Waals surface area contributed by atoms with E-state index in [0.29, 0.717) is 51.7 Å². The number of hydrogen-bond donors (Lipinski definition) is 4. The van der Waals surface area contributed by atoms with Gasteiger partial charge < -0.3 is 31.1 Å². The molecule has 4 atom stereocenters. The zero-order chi connectivity index (χ0) is 33.0. The van der Waals surface area contributed by atoms with Gasteiger partial charge in [0.25, 0.3) is 5.91 Å². The number of carbonyl (C=O) groups excluding carboxylic acids is 6. The fourth-order valence-corrected chi connectivity index (χ4v) is 5.53. The highest BCUT2D eigenvalue weighted by Gasteiger charge is 2.43. The van der Waals surface area contributed by atoms with Gasteiger partial charge in [-0.05, 0) is 43.4 Å². The number of unbranched alkanes of at least 4 members (excludes halogenated alkanes) is 1. The predicted octanol–water partition coefficient (Wildman–Crippen LogP) is 2.27. The van der Waals surface area contributed by atoms with Crippen LogP contribution in [-0.2, 0) is 24.0 Å². The Morgan fingerprint density at radius 3 is 2.32 bits per heavy atom. The van der Waals surface area contributed by atoms with Crippen LogP contribution < -0.4 is 21.3 Å². The summed E-state index contributed by atoms with van der Waals surface area (Å²) in [7, 11) is 0. The summed E-state index contributed by atoms with van der Waals surface area (Å²) in [4.78, 5) is 81.5. The topological polar surface area (TPSA) is 157 Å². The van der Waals surface area contributed by atoms with Gasteiger partial charge in [0.2, 0.25) is 23.5 Å². The van der Waals surface area contributed by atoms with Gasteiger partial charge in [-0.2, -0.15) is 0 Å². The Morgan fingerprint density at radius 2 is 1.73 bits per heavy atom. The van der Waals surface area contributed by atoms with Crippen LogP contribution in [0.5, 0.6) is 0 Å². The number of rotatable bonds is 15. The summed E-state index contributed by atoms with van der Waals surface area (Å²) in [5.41, 5.74) is -0.683. The predicted molar refractivity (Wildman–Crippen MR) is 168 cm³/mol. The minimum absolute atomic E-state index is 0.0492. The first-order chi connectivity index (χ1) is 20.7. The Balaban J connectivity index is 2.15. The van der Waals surface area contributed by atoms with Crippen molar-refractivity contribution < 1.29 is 28.8 Å². The minimum atomic E-state index is -1.01. The highest BCUT2D eigenvalue weighted by atomic mass is 16.2. The van der Waals surface area contributed by atoms with Crippen molar-refractivity contribution in [3.05, 3.63) is 12.7 Å². The standard InChI is InChI=1S/C32H54N6O6/c1-8-10-14-22(26(40)29(42)33-17-9-2)34-28(41)24-15-13-19-38(24)30(43)27(32(5,6)7)36-31(44)35-23(21(3)4)20-37-18-12-11-16-25(37)39/h9,21-24,27H,2,8,10-20H2,1,3-7H3,(H,33,42)(H,34,41)(H2,35,36,44)/t22?,23-,24+,27-/m1/s1. The highest BCUT2D eigenvalue weighted by molar-refractivity contribution is 6.38. The summed E-state index contributed by atoms with van der Waals surface area (Å²) in [6.07, 6.45) is 6.48. The van der Waals surface area contributed by atoms with Crippen LogP contribution in [0.3, 0.4) is 0 Å². The lowest BCUT2D eigenvalue weighted by molar-refractivity contribution is -0.143. The molecular formula is C32H54N6O6. The third kappa shape index (κ3) is 10.6. The average molecular weight is 619 g/mol. The van der Waals surface area contributed by atoms with E-state index < -0.39 is 53.1 Å². The molecule has 2 fully saturated rings. The maximum Gasteiger partial charge on any atom is 0.315 e. The van der Waals surface area contributed by atoms with E-state index in [0.717, 1.165) is 19.3 Å². The summed E-state index contributed by atoms with van der Waals surface area (Å²) in [5.74, 6) is -2.28. The second-order valence-corrected chi connectivity index (χ2v) is 13.3. The molecule has 12 nitrogen and oxygen atoms in total. The molecule has 2 aliphatic heterocycles. The fraction of sp³-hybridized carbons (Fsp3) is 0.750. The number of nitrogens with zero attached hydrogens (tertiary/aromatic N) is 2. The molecule has 2 saturated heterocycles. The van der Waals surface area contributed by atoms with Crippen LogP contribution in [0, 0.1) is 11.3 Å². The first-order valence-corrected chi connectivity index (χ1v) is 16.1. The van der Waals surface area contributed by atoms with Crippen molar-refractivity contribution in [3.8, 4) is 0 Å². The van der Waals surface area contributed by atoms with E-state index in [2.05, 4.69) is 27.8 Å². The van der Waals surface area contributed by atoms with Crippen LogP contribution in [0.25, 0.3) is 0 Å². The lowest BCUT2D eigenvalue weighted by Gasteiger charge is -2.37. The number of hydrogen-bond acceptors (Lipinski definition) is 6. The number of Topliss-reactive ketones (excluding diaryl/α,β-unsaturated/α-hetero) is 1. The number of ketones is 1. The van der Waals surface area contributed by atoms with Crippen molar-refractivity contribution in [2.24, 2.45) is 11.3 Å². The number of carbonyl (C=O) groups is 6. The van der Waals surface area contributed by atoms with E-state index in [-0.39, 0.29) is 24.4 Å². The van der Waals surface area contributed by atoms with Crippen LogP contribution in [0.4, 0.5) is 4.79 Å². The number of likely N-dealkylation sites (tertiary alicyclic amines) is 2. The van der Waals surface area contributed by atoms with E-state index in [4.69, 9.17) is 0 Å². The highest BCUT2D eigenvalue weighted by Crippen LogP contribution is 2.26. The molecule has 6 amide bonds. The van der Waals surface area contributed by atoms with Crippen LogP contribution in [0.1, 0.15) is 92.9 Å². The van der Waals surface area contributed by atoms with Gasteiger partial charge in [0.1, 0.15) is 12.1 Å². The summed E-state index contributed by atoms with van der Waals surface area (Å²) < 4.78 is 0. The van der Waals surface area contributed by atoms with Gasteiger partial charge in [-0.3, -0.25) is 24.0 Å². The van der Waals surface area contributed by atoms with Crippen molar-refractivity contribution in [3.63, 3.8) is 0 Å². The van der Waals surface area contributed by atoms with Gasteiger partial charge >= 0.3 is 6.03 Å². The zero-order valence-electron chi connectivity index (χ0n) is 27.5. The molecule has 1 unspecified atom stereocenters. The minimum Gasteiger partial charge on any atom is -0.346 e. The third-order valence-corrected chi connectivity index (χ3v) is 8.30. The van der Waals surface area contributed by atoms with Crippen LogP contribution >= 0.6 is 0 Å². The van der Waals surface area contributed by atoms with Gasteiger partial charge in [0, 0.05) is 32.6 Å². The van der Waals surface area contributed by atoms with Gasteiger partial charge in [0.05, 0.1) is 12.1 Å². The van der Waals surface area contributed by atoms with E-state index in [1.807, 2.05) is 41.5 Å². The molecule has 4 N–H and O–H groups in total. The third-order valence-electron chi connectivity index (χ3n) is 8.30. The Hall–Kier alpha value is -3.44. The van der Waals surface area contributed by atoms with E-state index in [9.17, 15) is 28.8 Å². The van der Waals surface area contributed by atoms with Gasteiger partial charge in [-0.15, -0.1) is 6.58 Å². The molecule has 2 heterocycles. The zero-order valence-corrected chi connectivity index (χ0v) is 27.5. The Morgan fingerprint density at radius 1 is 1.02 bits per heavy atom. The molecule has 0 aromatic heterocycles. The lowest BCUT2D eigenvalue weighted by atomic mass is 9.85. The van der Waals surface area contributed by atoms with Crippen LogP contribution in [-0.4, -0.2) is 95.6 Å². The van der Waals surface area contributed by atoms with E-state index in [1.165, 1.54) is 11.0 Å². The molecule has 44 heavy (non-hydrogen) atoms. The molecular weight excluding hydrogens is 564 g/mol. The van der Waals surface area contributed by atoms with Crippen LogP contribution in [0.2, 0.25) is 0 Å². The second kappa shape index (κ2) is 17.2. The maximum atomic E-state index is 14.0. The fourth-order valence-electron chi connectivity index (χ4n) is 5.53. The molecule has 0 aromatic carbocycles. The molecule has 2 rings (SSSR count). The van der Waals surface area contributed by atoms with Crippen molar-refractivity contribution in [1.82, 2.24) is 31.1 Å². The van der Waals surface area contributed by atoms with Crippen LogP contribution in [0.15, 0.2) is 12.7 Å². The number of urea groups is 1. The monoisotopic (exact) mass is 618 g/mol. The summed E-state index contributed by atoms with van der Waals surface area (Å²) >= 11 is 0. The van der Waals surface area contributed by atoms with Crippen molar-refractivity contribution >= 4 is 35.4 Å². The van der Waals surface area contributed by atoms with E-state index >= 15 is 0 Å². The van der Waals surface area contributed by atoms with Crippen molar-refractivity contribution in [2.45, 2.75) is 117 Å². The second-order valence-electron chi connectivity index (χ2n) is 13.3. The first-order valence-electron chi connectivity index (χ1n) is 16.1. The number of nitrogens with one attached hydrogen (secondary N) is 4. The SMILES string of the molecule is C=CCNC(=O)C(=O)C(CCCC)NC(=O)[C@@H]1CCCN1C(=O)[C@@H](NC(=O)N[C@H](CN1CCCCC1=O)C(C)C)C(C)(C)C. The molecule has 12 heteroatoms. The van der Waals surface area contributed by atoms with E-state index in [1.54, 1.807) is 4.90 Å². The summed E-state index contributed by atoms with van der Waals surface area (Å²) in [5, 5.41) is 11.0. The Bertz CT molecular complexity index is 1050. The Kier molecular flexibility index (Phi) is 14.3. The first kappa shape index (κ1) is 36.8. The smallest absolute Gasteiger partial charge is 0.315 e. The quantitative estimate of drug-likeness (QED) is 0.163. The largest absolute Gasteiger partial charge is 0.346 e. The van der Waals surface area contributed by atoms with Gasteiger partial charge in [0.15, 0.2) is 0 Å². The normalized spacial score (nSPS) is 19.2. The van der Waals surface area contributed by atoms with Crippen molar-refractivity contribution in [2.75, 3.05) is 26.2 Å². The Labute approximate surface area is 262 Å². The molecule has 2 aliphatic rings. The molecule has 0 aromatic rings. The van der Waals surface area contributed by atoms with Gasteiger partial charge in [-0.1, -0.05) is 60.5 Å². The summed E-state index contributed by atoms with van der Waals surface area (Å²) in [6, 6.07) is -3.61. The van der Waals surface area contributed by atoms with Crippen molar-refractivity contribution in [1.29, 1.82) is 0 Å². The molecule has 0 aliphatic carbocycles. The maximum absolute atomic E-state index is 14.0.